The highest BCUT2D eigenvalue weighted by Gasteiger charge is 2.33. The molecule has 20 heavy (non-hydrogen) atoms. The maximum Gasteiger partial charge on any atom is 0.246 e. The predicted octanol–water partition coefficient (Wildman–Crippen LogP) is 1.31. The Bertz CT molecular complexity index is 552. The normalized spacial score (nSPS) is 24.6. The zero-order chi connectivity index (χ0) is 14.8. The van der Waals surface area contributed by atoms with E-state index >= 15 is 0 Å². The van der Waals surface area contributed by atoms with Gasteiger partial charge in [0.15, 0.2) is 0 Å². The zero-order valence-corrected chi connectivity index (χ0v) is 12.9. The van der Waals surface area contributed by atoms with Gasteiger partial charge in [-0.3, -0.25) is 4.98 Å². The summed E-state index contributed by atoms with van der Waals surface area (Å²) in [6.07, 6.45) is 2.78. The lowest BCUT2D eigenvalue weighted by molar-refractivity contribution is -0.0440. The van der Waals surface area contributed by atoms with Crippen LogP contribution < -0.4 is 5.32 Å². The number of morpholine rings is 1. The molecule has 0 radical (unpaired) electrons. The van der Waals surface area contributed by atoms with Crippen molar-refractivity contribution in [2.75, 3.05) is 25.0 Å². The van der Waals surface area contributed by atoms with E-state index in [4.69, 9.17) is 4.74 Å². The highest BCUT2D eigenvalue weighted by atomic mass is 32.2. The SMILES string of the molecule is CCNc1ccncc1S(=O)(=O)N1CC(C)OC(C)C1. The molecule has 1 aromatic heterocycles. The third kappa shape index (κ3) is 3.11. The molecular formula is C13H21N3O3S. The van der Waals surface area contributed by atoms with Crippen molar-refractivity contribution in [1.29, 1.82) is 0 Å². The van der Waals surface area contributed by atoms with E-state index in [2.05, 4.69) is 10.3 Å². The molecule has 1 saturated heterocycles. The van der Waals surface area contributed by atoms with Gasteiger partial charge < -0.3 is 10.1 Å². The number of hydrogen-bond acceptors (Lipinski definition) is 5. The number of rotatable bonds is 4. The van der Waals surface area contributed by atoms with Crippen molar-refractivity contribution in [3.05, 3.63) is 18.5 Å². The number of aromatic nitrogens is 1. The van der Waals surface area contributed by atoms with Gasteiger partial charge in [-0.1, -0.05) is 0 Å². The Morgan fingerprint density at radius 2 is 2.05 bits per heavy atom. The summed E-state index contributed by atoms with van der Waals surface area (Å²) >= 11 is 0. The van der Waals surface area contributed by atoms with Crippen LogP contribution in [0.15, 0.2) is 23.4 Å². The Balaban J connectivity index is 2.35. The fraction of sp³-hybridized carbons (Fsp3) is 0.615. The molecule has 2 atom stereocenters. The topological polar surface area (TPSA) is 71.5 Å². The van der Waals surface area contributed by atoms with Gasteiger partial charge in [-0.15, -0.1) is 0 Å². The molecule has 112 valence electrons. The minimum absolute atomic E-state index is 0.104. The second kappa shape index (κ2) is 6.07. The van der Waals surface area contributed by atoms with Gasteiger partial charge in [0.05, 0.1) is 17.9 Å². The Morgan fingerprint density at radius 1 is 1.40 bits per heavy atom. The van der Waals surface area contributed by atoms with Gasteiger partial charge in [0.25, 0.3) is 0 Å². The van der Waals surface area contributed by atoms with Crippen LogP contribution in [0.5, 0.6) is 0 Å². The lowest BCUT2D eigenvalue weighted by Gasteiger charge is -2.34. The van der Waals surface area contributed by atoms with Crippen LogP contribution >= 0.6 is 0 Å². The smallest absolute Gasteiger partial charge is 0.246 e. The van der Waals surface area contributed by atoms with Crippen molar-refractivity contribution in [2.45, 2.75) is 37.9 Å². The zero-order valence-electron chi connectivity index (χ0n) is 12.0. The van der Waals surface area contributed by atoms with E-state index < -0.39 is 10.0 Å². The van der Waals surface area contributed by atoms with E-state index in [9.17, 15) is 8.42 Å². The van der Waals surface area contributed by atoms with Gasteiger partial charge in [0, 0.05) is 32.0 Å². The molecule has 2 unspecified atom stereocenters. The molecule has 0 saturated carbocycles. The monoisotopic (exact) mass is 299 g/mol. The van der Waals surface area contributed by atoms with Gasteiger partial charge >= 0.3 is 0 Å². The average molecular weight is 299 g/mol. The van der Waals surface area contributed by atoms with Crippen LogP contribution in [0.3, 0.4) is 0 Å². The Morgan fingerprint density at radius 3 is 2.65 bits per heavy atom. The summed E-state index contributed by atoms with van der Waals surface area (Å²) in [5, 5.41) is 3.07. The summed E-state index contributed by atoms with van der Waals surface area (Å²) in [4.78, 5) is 4.17. The van der Waals surface area contributed by atoms with Crippen LogP contribution in [-0.2, 0) is 14.8 Å². The fourth-order valence-corrected chi connectivity index (χ4v) is 4.09. The standard InChI is InChI=1S/C13H21N3O3S/c1-4-15-12-5-6-14-7-13(12)20(17,18)16-8-10(2)19-11(3)9-16/h5-7,10-11H,4,8-9H2,1-3H3,(H,14,15). The number of hydrogen-bond donors (Lipinski definition) is 1. The van der Waals surface area contributed by atoms with Crippen molar-refractivity contribution in [2.24, 2.45) is 0 Å². The number of nitrogens with zero attached hydrogens (tertiary/aromatic N) is 2. The molecule has 6 nitrogen and oxygen atoms in total. The molecule has 1 aliphatic rings. The van der Waals surface area contributed by atoms with Crippen LogP contribution in [0.25, 0.3) is 0 Å². The maximum atomic E-state index is 12.8. The van der Waals surface area contributed by atoms with Gasteiger partial charge in [-0.05, 0) is 26.8 Å². The minimum atomic E-state index is -3.55. The van der Waals surface area contributed by atoms with Gasteiger partial charge in [-0.25, -0.2) is 8.42 Å². The van der Waals surface area contributed by atoms with Crippen molar-refractivity contribution in [3.8, 4) is 0 Å². The van der Waals surface area contributed by atoms with Crippen LogP contribution in [0.1, 0.15) is 20.8 Å². The molecule has 0 bridgehead atoms. The minimum Gasteiger partial charge on any atom is -0.384 e. The first kappa shape index (κ1) is 15.2. The third-order valence-electron chi connectivity index (χ3n) is 3.16. The summed E-state index contributed by atoms with van der Waals surface area (Å²) in [5.74, 6) is 0. The molecule has 7 heteroatoms. The van der Waals surface area contributed by atoms with Gasteiger partial charge in [0.1, 0.15) is 4.90 Å². The summed E-state index contributed by atoms with van der Waals surface area (Å²) < 4.78 is 32.6. The van der Waals surface area contributed by atoms with Crippen molar-refractivity contribution >= 4 is 15.7 Å². The molecule has 1 fully saturated rings. The first-order chi connectivity index (χ1) is 9.45. The Labute approximate surface area is 120 Å². The van der Waals surface area contributed by atoms with Crippen LogP contribution in [0.2, 0.25) is 0 Å². The Kier molecular flexibility index (Phi) is 4.62. The average Bonchev–Trinajstić information content (AvgIpc) is 2.38. The molecule has 0 spiro atoms. The maximum absolute atomic E-state index is 12.8. The van der Waals surface area contributed by atoms with Crippen LogP contribution in [0, 0.1) is 0 Å². The molecule has 1 aliphatic heterocycles. The first-order valence-corrected chi connectivity index (χ1v) is 8.22. The summed E-state index contributed by atoms with van der Waals surface area (Å²) in [6, 6.07) is 1.68. The summed E-state index contributed by atoms with van der Waals surface area (Å²) in [7, 11) is -3.55. The number of pyridine rings is 1. The van der Waals surface area contributed by atoms with E-state index in [0.717, 1.165) is 0 Å². The van der Waals surface area contributed by atoms with Gasteiger partial charge in [-0.2, -0.15) is 4.31 Å². The van der Waals surface area contributed by atoms with Crippen LogP contribution in [-0.4, -0.2) is 49.5 Å². The molecule has 0 aromatic carbocycles. The highest BCUT2D eigenvalue weighted by Crippen LogP contribution is 2.26. The van der Waals surface area contributed by atoms with E-state index in [-0.39, 0.29) is 17.1 Å². The number of ether oxygens (including phenoxy) is 1. The fourth-order valence-electron chi connectivity index (χ4n) is 2.39. The second-order valence-electron chi connectivity index (χ2n) is 4.98. The number of anilines is 1. The molecule has 2 rings (SSSR count). The lowest BCUT2D eigenvalue weighted by Crippen LogP contribution is -2.48. The van der Waals surface area contributed by atoms with E-state index in [0.29, 0.717) is 25.3 Å². The second-order valence-corrected chi connectivity index (χ2v) is 6.89. The molecule has 0 aliphatic carbocycles. The van der Waals surface area contributed by atoms with Gasteiger partial charge in [0.2, 0.25) is 10.0 Å². The van der Waals surface area contributed by atoms with E-state index in [1.807, 2.05) is 20.8 Å². The largest absolute Gasteiger partial charge is 0.384 e. The third-order valence-corrected chi connectivity index (χ3v) is 5.01. The van der Waals surface area contributed by atoms with Crippen LogP contribution in [0.4, 0.5) is 5.69 Å². The quantitative estimate of drug-likeness (QED) is 0.907. The molecule has 1 N–H and O–H groups in total. The van der Waals surface area contributed by atoms with Crippen molar-refractivity contribution in [1.82, 2.24) is 9.29 Å². The summed E-state index contributed by atoms with van der Waals surface area (Å²) in [5.41, 5.74) is 0.592. The molecule has 1 aromatic rings. The Hall–Kier alpha value is -1.18. The number of sulfonamides is 1. The van der Waals surface area contributed by atoms with E-state index in [1.165, 1.54) is 10.5 Å². The van der Waals surface area contributed by atoms with E-state index in [1.54, 1.807) is 12.3 Å². The van der Waals surface area contributed by atoms with Crippen molar-refractivity contribution in [3.63, 3.8) is 0 Å². The highest BCUT2D eigenvalue weighted by molar-refractivity contribution is 7.89. The molecule has 0 amide bonds. The predicted molar refractivity (Wildman–Crippen MR) is 77.2 cm³/mol. The van der Waals surface area contributed by atoms with Crippen molar-refractivity contribution < 1.29 is 13.2 Å². The summed E-state index contributed by atoms with van der Waals surface area (Å²) in [6.45, 7) is 7.08. The molecule has 2 heterocycles. The lowest BCUT2D eigenvalue weighted by atomic mass is 10.3. The molecular weight excluding hydrogens is 278 g/mol. The number of nitrogens with one attached hydrogen (secondary N) is 1. The first-order valence-electron chi connectivity index (χ1n) is 6.78.